The molecule has 0 atom stereocenters. The number of nitrogens with zero attached hydrogens (tertiary/aromatic N) is 2. The second-order valence-corrected chi connectivity index (χ2v) is 12.5. The number of hydrogen-bond acceptors (Lipinski definition) is 8. The standard InChI is InChI=1S/C32H20N2O7S2/c33-34-29-20-19-27-28(32(29)35)8-4-10-31(27)43(38,39)41-25-17-13-22(14-18-25)21-11-15-24(16-12-21)40-42(36,37)30-9-3-6-23-5-1-2-7-26(23)30/h1-20H/p+1. The molecule has 0 aliphatic carbocycles. The Kier molecular flexibility index (Phi) is 6.93. The lowest BCUT2D eigenvalue weighted by atomic mass is 10.1. The van der Waals surface area contributed by atoms with Crippen LogP contribution in [-0.4, -0.2) is 21.9 Å². The van der Waals surface area contributed by atoms with Gasteiger partial charge in [0.05, 0.1) is 0 Å². The molecule has 6 aromatic carbocycles. The summed E-state index contributed by atoms with van der Waals surface area (Å²) in [6, 6.07) is 31.9. The number of phenolic OH excluding ortho intramolecular Hbond substituents is 1. The molecular formula is C32H21N2O7S2+. The molecule has 0 saturated heterocycles. The monoisotopic (exact) mass is 609 g/mol. The third-order valence-electron chi connectivity index (χ3n) is 6.82. The van der Waals surface area contributed by atoms with Gasteiger partial charge in [-0.05, 0) is 59.0 Å². The summed E-state index contributed by atoms with van der Waals surface area (Å²) in [7, 11) is -8.38. The van der Waals surface area contributed by atoms with Crippen molar-refractivity contribution < 1.29 is 30.3 Å². The zero-order valence-corrected chi connectivity index (χ0v) is 23.8. The Balaban J connectivity index is 1.20. The van der Waals surface area contributed by atoms with Gasteiger partial charge in [0.2, 0.25) is 11.1 Å². The van der Waals surface area contributed by atoms with Gasteiger partial charge in [-0.25, -0.2) is 0 Å². The third-order valence-corrected chi connectivity index (χ3v) is 9.43. The first-order valence-electron chi connectivity index (χ1n) is 12.8. The predicted octanol–water partition coefficient (Wildman–Crippen LogP) is 7.39. The van der Waals surface area contributed by atoms with E-state index < -0.39 is 20.2 Å². The summed E-state index contributed by atoms with van der Waals surface area (Å²) < 4.78 is 63.1. The molecular weight excluding hydrogens is 588 g/mol. The Bertz CT molecular complexity index is 2270. The van der Waals surface area contributed by atoms with Gasteiger partial charge in [-0.1, -0.05) is 72.8 Å². The highest BCUT2D eigenvalue weighted by molar-refractivity contribution is 7.87. The van der Waals surface area contributed by atoms with Crippen LogP contribution in [0.4, 0.5) is 5.69 Å². The lowest BCUT2D eigenvalue weighted by molar-refractivity contribution is 0.483. The maximum absolute atomic E-state index is 13.1. The third kappa shape index (κ3) is 5.32. The van der Waals surface area contributed by atoms with Crippen LogP contribution in [0.1, 0.15) is 0 Å². The molecule has 0 amide bonds. The second kappa shape index (κ2) is 10.8. The van der Waals surface area contributed by atoms with Crippen LogP contribution >= 0.6 is 0 Å². The zero-order chi connectivity index (χ0) is 30.2. The first-order chi connectivity index (χ1) is 20.7. The van der Waals surface area contributed by atoms with E-state index in [1.807, 2.05) is 18.2 Å². The van der Waals surface area contributed by atoms with Crippen molar-refractivity contribution in [2.45, 2.75) is 9.79 Å². The Labute approximate surface area is 247 Å². The molecule has 6 rings (SSSR count). The zero-order valence-electron chi connectivity index (χ0n) is 22.2. The molecule has 1 N–H and O–H groups in total. The number of hydrogen-bond donors (Lipinski definition) is 1. The first-order valence-corrected chi connectivity index (χ1v) is 15.6. The maximum atomic E-state index is 13.1. The van der Waals surface area contributed by atoms with Gasteiger partial charge >= 0.3 is 25.9 Å². The van der Waals surface area contributed by atoms with Crippen LogP contribution in [0.2, 0.25) is 0 Å². The van der Waals surface area contributed by atoms with Crippen LogP contribution in [0.15, 0.2) is 131 Å². The van der Waals surface area contributed by atoms with Crippen molar-refractivity contribution in [2.24, 2.45) is 0 Å². The smallest absolute Gasteiger partial charge is 0.426 e. The number of fused-ring (bicyclic) bond motifs is 2. The van der Waals surface area contributed by atoms with Gasteiger partial charge in [0.15, 0.2) is 4.98 Å². The fourth-order valence-electron chi connectivity index (χ4n) is 4.76. The van der Waals surface area contributed by atoms with Crippen molar-refractivity contribution in [2.75, 3.05) is 0 Å². The lowest BCUT2D eigenvalue weighted by Gasteiger charge is -2.11. The molecule has 0 spiro atoms. The van der Waals surface area contributed by atoms with E-state index in [-0.39, 0.29) is 43.5 Å². The summed E-state index contributed by atoms with van der Waals surface area (Å²) >= 11 is 0. The number of phenols is 1. The normalized spacial score (nSPS) is 11.7. The van der Waals surface area contributed by atoms with E-state index >= 15 is 0 Å². The van der Waals surface area contributed by atoms with Gasteiger partial charge in [-0.15, -0.1) is 0 Å². The number of rotatable bonds is 7. The van der Waals surface area contributed by atoms with Crippen LogP contribution in [-0.2, 0) is 20.2 Å². The maximum Gasteiger partial charge on any atom is 0.426 e. The topological polar surface area (TPSA) is 135 Å². The van der Waals surface area contributed by atoms with E-state index in [4.69, 9.17) is 13.8 Å². The van der Waals surface area contributed by atoms with Gasteiger partial charge in [0.25, 0.3) is 0 Å². The average molecular weight is 610 g/mol. The molecule has 212 valence electrons. The van der Waals surface area contributed by atoms with Gasteiger partial charge in [-0.2, -0.15) is 16.8 Å². The highest BCUT2D eigenvalue weighted by atomic mass is 32.2. The van der Waals surface area contributed by atoms with E-state index in [9.17, 15) is 21.9 Å². The Hall–Kier alpha value is -5.44. The second-order valence-electron chi connectivity index (χ2n) is 9.49. The number of benzene rings is 6. The number of aromatic hydroxyl groups is 1. The Morgan fingerprint density at radius 2 is 1.02 bits per heavy atom. The van der Waals surface area contributed by atoms with E-state index in [1.54, 1.807) is 42.5 Å². The van der Waals surface area contributed by atoms with Crippen molar-refractivity contribution in [3.8, 4) is 28.4 Å². The molecule has 9 nitrogen and oxygen atoms in total. The molecule has 0 unspecified atom stereocenters. The van der Waals surface area contributed by atoms with Gasteiger partial charge < -0.3 is 13.5 Å². The summed E-state index contributed by atoms with van der Waals surface area (Å²) in [5.41, 5.74) is 1.37. The van der Waals surface area contributed by atoms with Crippen molar-refractivity contribution in [3.63, 3.8) is 0 Å². The van der Waals surface area contributed by atoms with Gasteiger partial charge in [0, 0.05) is 22.2 Å². The average Bonchev–Trinajstić information content (AvgIpc) is 3.01. The van der Waals surface area contributed by atoms with Crippen molar-refractivity contribution >= 4 is 47.5 Å². The molecule has 43 heavy (non-hydrogen) atoms. The summed E-state index contributed by atoms with van der Waals surface area (Å²) in [6.07, 6.45) is 0. The summed E-state index contributed by atoms with van der Waals surface area (Å²) in [6.45, 7) is 0. The van der Waals surface area contributed by atoms with Gasteiger partial charge in [-0.3, -0.25) is 0 Å². The molecule has 0 radical (unpaired) electrons. The lowest BCUT2D eigenvalue weighted by Crippen LogP contribution is -2.10. The molecule has 0 aliphatic heterocycles. The summed E-state index contributed by atoms with van der Waals surface area (Å²) in [4.78, 5) is 2.90. The summed E-state index contributed by atoms with van der Waals surface area (Å²) in [5, 5.41) is 21.1. The van der Waals surface area contributed by atoms with Crippen molar-refractivity contribution in [1.82, 2.24) is 0 Å². The Morgan fingerprint density at radius 1 is 0.535 bits per heavy atom. The SMILES string of the molecule is N#[N+]c1ccc2c(S(=O)(=O)Oc3ccc(-c4ccc(OS(=O)(=O)c5cccc6ccccc56)cc4)cc3)cccc2c1O. The fourth-order valence-corrected chi connectivity index (χ4v) is 7.06. The molecule has 0 aliphatic rings. The van der Waals surface area contributed by atoms with Crippen LogP contribution in [0.25, 0.3) is 37.6 Å². The molecule has 11 heteroatoms. The summed E-state index contributed by atoms with van der Waals surface area (Å²) in [5.74, 6) is -0.152. The van der Waals surface area contributed by atoms with Gasteiger partial charge in [0.1, 0.15) is 21.3 Å². The molecule has 0 fully saturated rings. The highest BCUT2D eigenvalue weighted by Gasteiger charge is 2.24. The highest BCUT2D eigenvalue weighted by Crippen LogP contribution is 2.38. The minimum atomic E-state index is -4.29. The minimum Gasteiger partial charge on any atom is -0.501 e. The Morgan fingerprint density at radius 3 is 1.60 bits per heavy atom. The quantitative estimate of drug-likeness (QED) is 0.146. The molecule has 6 aromatic rings. The predicted molar refractivity (Wildman–Crippen MR) is 162 cm³/mol. The van der Waals surface area contributed by atoms with Crippen molar-refractivity contribution in [1.29, 1.82) is 5.39 Å². The molecule has 0 aromatic heterocycles. The first kappa shape index (κ1) is 27.7. The van der Waals surface area contributed by atoms with E-state index in [2.05, 4.69) is 4.98 Å². The minimum absolute atomic E-state index is 0.0630. The van der Waals surface area contributed by atoms with E-state index in [0.29, 0.717) is 5.39 Å². The van der Waals surface area contributed by atoms with E-state index in [0.717, 1.165) is 16.5 Å². The van der Waals surface area contributed by atoms with Crippen molar-refractivity contribution in [3.05, 3.63) is 126 Å². The molecule has 0 heterocycles. The molecule has 0 saturated carbocycles. The fraction of sp³-hybridized carbons (Fsp3) is 0. The number of diazo groups is 1. The van der Waals surface area contributed by atoms with Crippen LogP contribution in [0.5, 0.6) is 17.2 Å². The van der Waals surface area contributed by atoms with Crippen LogP contribution in [0, 0.1) is 5.39 Å². The molecule has 0 bridgehead atoms. The largest absolute Gasteiger partial charge is 0.501 e. The van der Waals surface area contributed by atoms with Crippen LogP contribution in [0.3, 0.4) is 0 Å². The van der Waals surface area contributed by atoms with Crippen LogP contribution < -0.4 is 8.37 Å². The van der Waals surface area contributed by atoms with E-state index in [1.165, 1.54) is 60.7 Å².